The Morgan fingerprint density at radius 3 is 2.87 bits per heavy atom. The molecule has 4 heteroatoms. The highest BCUT2D eigenvalue weighted by Crippen LogP contribution is 2.22. The van der Waals surface area contributed by atoms with Gasteiger partial charge in [-0.2, -0.15) is 5.26 Å². The fourth-order valence-electron chi connectivity index (χ4n) is 1.19. The number of rotatable bonds is 4. The zero-order chi connectivity index (χ0) is 11.3. The summed E-state index contributed by atoms with van der Waals surface area (Å²) in [5, 5.41) is 12.1. The molecule has 0 radical (unpaired) electrons. The standard InChI is InChI=1S/C11H15N3O/c1-8(6-12)14-11-5-10(15-2)4-3-9(11)7-13/h3-5,8,14H,6,12H2,1-2H3. The van der Waals surface area contributed by atoms with E-state index in [1.807, 2.05) is 6.92 Å². The first-order valence-electron chi connectivity index (χ1n) is 4.76. The second kappa shape index (κ2) is 5.23. The smallest absolute Gasteiger partial charge is 0.121 e. The summed E-state index contributed by atoms with van der Waals surface area (Å²) in [4.78, 5) is 0. The molecule has 80 valence electrons. The van der Waals surface area contributed by atoms with Gasteiger partial charge in [-0.25, -0.2) is 0 Å². The van der Waals surface area contributed by atoms with E-state index in [2.05, 4.69) is 11.4 Å². The van der Waals surface area contributed by atoms with Gasteiger partial charge in [0.05, 0.1) is 18.4 Å². The van der Waals surface area contributed by atoms with Crippen LogP contribution in [-0.4, -0.2) is 19.7 Å². The van der Waals surface area contributed by atoms with Gasteiger partial charge in [-0.1, -0.05) is 0 Å². The number of ether oxygens (including phenoxy) is 1. The number of benzene rings is 1. The summed E-state index contributed by atoms with van der Waals surface area (Å²) in [5.74, 6) is 0.723. The van der Waals surface area contributed by atoms with E-state index < -0.39 is 0 Å². The van der Waals surface area contributed by atoms with Crippen molar-refractivity contribution >= 4 is 5.69 Å². The number of nitrogens with zero attached hydrogens (tertiary/aromatic N) is 1. The van der Waals surface area contributed by atoms with Gasteiger partial charge in [0.15, 0.2) is 0 Å². The highest BCUT2D eigenvalue weighted by molar-refractivity contribution is 5.60. The average Bonchev–Trinajstić information content (AvgIpc) is 2.28. The third kappa shape index (κ3) is 2.86. The minimum Gasteiger partial charge on any atom is -0.497 e. The van der Waals surface area contributed by atoms with Crippen LogP contribution in [0.4, 0.5) is 5.69 Å². The molecule has 1 rings (SSSR count). The first-order valence-corrected chi connectivity index (χ1v) is 4.76. The predicted octanol–water partition coefficient (Wildman–Crippen LogP) is 1.33. The van der Waals surface area contributed by atoms with Gasteiger partial charge in [-0.3, -0.25) is 0 Å². The quantitative estimate of drug-likeness (QED) is 0.777. The number of hydrogen-bond donors (Lipinski definition) is 2. The van der Waals surface area contributed by atoms with Gasteiger partial charge >= 0.3 is 0 Å². The van der Waals surface area contributed by atoms with Crippen LogP contribution in [0.2, 0.25) is 0 Å². The molecule has 0 bridgehead atoms. The van der Waals surface area contributed by atoms with Crippen molar-refractivity contribution in [3.8, 4) is 11.8 Å². The number of nitrogens with two attached hydrogens (primary N) is 1. The second-order valence-electron chi connectivity index (χ2n) is 3.30. The lowest BCUT2D eigenvalue weighted by Gasteiger charge is -2.14. The van der Waals surface area contributed by atoms with Crippen LogP contribution in [0.25, 0.3) is 0 Å². The molecule has 0 aliphatic heterocycles. The Balaban J connectivity index is 2.97. The molecule has 4 nitrogen and oxygen atoms in total. The van der Waals surface area contributed by atoms with Gasteiger partial charge in [0, 0.05) is 18.7 Å². The van der Waals surface area contributed by atoms with E-state index in [0.717, 1.165) is 11.4 Å². The predicted molar refractivity (Wildman–Crippen MR) is 59.8 cm³/mol. The Morgan fingerprint density at radius 2 is 2.33 bits per heavy atom. The number of hydrogen-bond acceptors (Lipinski definition) is 4. The highest BCUT2D eigenvalue weighted by Gasteiger charge is 2.06. The van der Waals surface area contributed by atoms with Gasteiger partial charge in [-0.05, 0) is 19.1 Å². The summed E-state index contributed by atoms with van der Waals surface area (Å²) in [6, 6.07) is 7.53. The maximum absolute atomic E-state index is 8.91. The van der Waals surface area contributed by atoms with E-state index in [4.69, 9.17) is 15.7 Å². The van der Waals surface area contributed by atoms with E-state index in [-0.39, 0.29) is 6.04 Å². The Kier molecular flexibility index (Phi) is 3.95. The molecule has 1 aromatic rings. The molecular weight excluding hydrogens is 190 g/mol. The molecule has 0 aromatic heterocycles. The molecule has 3 N–H and O–H groups in total. The van der Waals surface area contributed by atoms with E-state index in [0.29, 0.717) is 12.1 Å². The normalized spacial score (nSPS) is 11.6. The monoisotopic (exact) mass is 205 g/mol. The third-order valence-electron chi connectivity index (χ3n) is 2.10. The number of nitrogens with one attached hydrogen (secondary N) is 1. The summed E-state index contributed by atoms with van der Waals surface area (Å²) in [7, 11) is 1.59. The largest absolute Gasteiger partial charge is 0.497 e. The Morgan fingerprint density at radius 1 is 1.60 bits per heavy atom. The lowest BCUT2D eigenvalue weighted by molar-refractivity contribution is 0.415. The minimum atomic E-state index is 0.129. The zero-order valence-electron chi connectivity index (χ0n) is 8.95. The maximum Gasteiger partial charge on any atom is 0.121 e. The fourth-order valence-corrected chi connectivity index (χ4v) is 1.19. The summed E-state index contributed by atoms with van der Waals surface area (Å²) >= 11 is 0. The molecule has 0 saturated carbocycles. The van der Waals surface area contributed by atoms with Crippen LogP contribution in [0.1, 0.15) is 12.5 Å². The molecule has 1 aromatic carbocycles. The minimum absolute atomic E-state index is 0.129. The Hall–Kier alpha value is -1.73. The molecule has 0 spiro atoms. The molecule has 1 atom stereocenters. The van der Waals surface area contributed by atoms with Crippen LogP contribution < -0.4 is 15.8 Å². The highest BCUT2D eigenvalue weighted by atomic mass is 16.5. The topological polar surface area (TPSA) is 71.1 Å². The van der Waals surface area contributed by atoms with Crippen molar-refractivity contribution in [2.24, 2.45) is 5.73 Å². The van der Waals surface area contributed by atoms with Crippen LogP contribution >= 0.6 is 0 Å². The van der Waals surface area contributed by atoms with E-state index in [1.54, 1.807) is 25.3 Å². The molecule has 0 fully saturated rings. The fraction of sp³-hybridized carbons (Fsp3) is 0.364. The molecule has 15 heavy (non-hydrogen) atoms. The molecule has 0 aliphatic carbocycles. The summed E-state index contributed by atoms with van der Waals surface area (Å²) < 4.78 is 5.09. The first kappa shape index (κ1) is 11.3. The third-order valence-corrected chi connectivity index (χ3v) is 2.10. The Bertz CT molecular complexity index is 371. The SMILES string of the molecule is COc1ccc(C#N)c(NC(C)CN)c1. The van der Waals surface area contributed by atoms with Crippen molar-refractivity contribution in [2.75, 3.05) is 19.0 Å². The van der Waals surface area contributed by atoms with Gasteiger partial charge in [0.1, 0.15) is 11.8 Å². The molecular formula is C11H15N3O. The zero-order valence-corrected chi connectivity index (χ0v) is 8.95. The van der Waals surface area contributed by atoms with Crippen molar-refractivity contribution in [1.82, 2.24) is 0 Å². The van der Waals surface area contributed by atoms with Crippen molar-refractivity contribution in [2.45, 2.75) is 13.0 Å². The summed E-state index contributed by atoms with van der Waals surface area (Å²) in [6.45, 7) is 2.47. The van der Waals surface area contributed by atoms with Crippen molar-refractivity contribution in [1.29, 1.82) is 5.26 Å². The first-order chi connectivity index (χ1) is 7.21. The van der Waals surface area contributed by atoms with Gasteiger partial charge in [0.2, 0.25) is 0 Å². The van der Waals surface area contributed by atoms with E-state index in [1.165, 1.54) is 0 Å². The van der Waals surface area contributed by atoms with Gasteiger partial charge < -0.3 is 15.8 Å². The van der Waals surface area contributed by atoms with Gasteiger partial charge in [-0.15, -0.1) is 0 Å². The van der Waals surface area contributed by atoms with E-state index >= 15 is 0 Å². The molecule has 1 unspecified atom stereocenters. The second-order valence-corrected chi connectivity index (χ2v) is 3.30. The summed E-state index contributed by atoms with van der Waals surface area (Å²) in [6.07, 6.45) is 0. The molecule has 0 heterocycles. The number of methoxy groups -OCH3 is 1. The maximum atomic E-state index is 8.91. The molecule has 0 amide bonds. The van der Waals surface area contributed by atoms with Crippen molar-refractivity contribution < 1.29 is 4.74 Å². The lowest BCUT2D eigenvalue weighted by Crippen LogP contribution is -2.25. The summed E-state index contributed by atoms with van der Waals surface area (Å²) in [5.41, 5.74) is 6.86. The molecule has 0 aliphatic rings. The van der Waals surface area contributed by atoms with E-state index in [9.17, 15) is 0 Å². The van der Waals surface area contributed by atoms with Crippen LogP contribution in [0.3, 0.4) is 0 Å². The lowest BCUT2D eigenvalue weighted by atomic mass is 10.1. The Labute approximate surface area is 89.7 Å². The molecule has 0 saturated heterocycles. The number of anilines is 1. The number of nitriles is 1. The van der Waals surface area contributed by atoms with Gasteiger partial charge in [0.25, 0.3) is 0 Å². The van der Waals surface area contributed by atoms with Crippen LogP contribution in [0, 0.1) is 11.3 Å². The van der Waals surface area contributed by atoms with Crippen LogP contribution in [-0.2, 0) is 0 Å². The average molecular weight is 205 g/mol. The van der Waals surface area contributed by atoms with Crippen LogP contribution in [0.15, 0.2) is 18.2 Å². The van der Waals surface area contributed by atoms with Crippen molar-refractivity contribution in [3.63, 3.8) is 0 Å². The van der Waals surface area contributed by atoms with Crippen molar-refractivity contribution in [3.05, 3.63) is 23.8 Å². The van der Waals surface area contributed by atoms with Crippen LogP contribution in [0.5, 0.6) is 5.75 Å².